The minimum Gasteiger partial charge on any atom is -0.390 e. The van der Waals surface area contributed by atoms with Crippen molar-refractivity contribution in [1.29, 1.82) is 0 Å². The molecule has 0 radical (unpaired) electrons. The molecule has 0 bridgehead atoms. The number of hydrogen-bond donors (Lipinski definition) is 0. The van der Waals surface area contributed by atoms with E-state index in [1.807, 2.05) is 0 Å². The molecule has 0 spiro atoms. The van der Waals surface area contributed by atoms with Crippen LogP contribution in [0.1, 0.15) is 13.3 Å². The largest absolute Gasteiger partial charge is 0.390 e. The molecule has 0 saturated heterocycles. The minimum absolute atomic E-state index is 0.214. The standard InChI is InChI=1S/2C5H4O3/c1-3-2-4(6)8-5(3)7;6-4-2-1-3-5(7)8-4/h2H,1H3;1-2H,3H2. The minimum atomic E-state index is -0.568. The first-order chi connectivity index (χ1) is 7.49. The summed E-state index contributed by atoms with van der Waals surface area (Å²) >= 11 is 0. The Kier molecular flexibility index (Phi) is 3.71. The van der Waals surface area contributed by atoms with Crippen molar-refractivity contribution < 1.29 is 28.7 Å². The highest BCUT2D eigenvalue weighted by Gasteiger charge is 2.18. The third-order valence-corrected chi connectivity index (χ3v) is 1.60. The first kappa shape index (κ1) is 11.8. The molecule has 2 aliphatic heterocycles. The predicted molar refractivity (Wildman–Crippen MR) is 49.7 cm³/mol. The summed E-state index contributed by atoms with van der Waals surface area (Å²) < 4.78 is 8.22. The van der Waals surface area contributed by atoms with Crippen molar-refractivity contribution in [2.24, 2.45) is 0 Å². The summed E-state index contributed by atoms with van der Waals surface area (Å²) in [6.07, 6.45) is 4.10. The number of esters is 4. The van der Waals surface area contributed by atoms with Crippen LogP contribution in [0.4, 0.5) is 0 Å². The number of carbonyl (C=O) groups is 4. The molecular weight excluding hydrogens is 216 g/mol. The average Bonchev–Trinajstić information content (AvgIpc) is 2.44. The molecule has 0 saturated carbocycles. The van der Waals surface area contributed by atoms with Gasteiger partial charge in [0.15, 0.2) is 0 Å². The van der Waals surface area contributed by atoms with E-state index in [0.717, 1.165) is 0 Å². The maximum absolute atomic E-state index is 10.3. The second-order valence-corrected chi connectivity index (χ2v) is 2.94. The zero-order valence-corrected chi connectivity index (χ0v) is 8.39. The molecule has 0 aromatic carbocycles. The van der Waals surface area contributed by atoms with Crippen molar-refractivity contribution >= 4 is 23.9 Å². The molecule has 0 fully saturated rings. The van der Waals surface area contributed by atoms with Crippen molar-refractivity contribution in [3.05, 3.63) is 23.8 Å². The van der Waals surface area contributed by atoms with Crippen LogP contribution in [0.3, 0.4) is 0 Å². The SMILES string of the molecule is CC1=CC(=O)OC1=O.O=C1C=CCC(=O)O1. The van der Waals surface area contributed by atoms with E-state index in [0.29, 0.717) is 5.57 Å². The predicted octanol–water partition coefficient (Wildman–Crippen LogP) is 0.0322. The van der Waals surface area contributed by atoms with Gasteiger partial charge in [-0.05, 0) is 6.92 Å². The Morgan fingerprint density at radius 3 is 2.00 bits per heavy atom. The number of hydrogen-bond acceptors (Lipinski definition) is 6. The molecule has 0 aliphatic carbocycles. The molecule has 0 aromatic rings. The monoisotopic (exact) mass is 224 g/mol. The van der Waals surface area contributed by atoms with Crippen LogP contribution in [0, 0.1) is 0 Å². The first-order valence-corrected chi connectivity index (χ1v) is 4.34. The highest BCUT2D eigenvalue weighted by Crippen LogP contribution is 2.04. The van der Waals surface area contributed by atoms with E-state index in [9.17, 15) is 19.2 Å². The molecule has 16 heavy (non-hydrogen) atoms. The van der Waals surface area contributed by atoms with Crippen molar-refractivity contribution in [3.8, 4) is 0 Å². The Balaban J connectivity index is 0.000000160. The van der Waals surface area contributed by atoms with Crippen LogP contribution in [-0.4, -0.2) is 23.9 Å². The van der Waals surface area contributed by atoms with Gasteiger partial charge in [0.2, 0.25) is 0 Å². The van der Waals surface area contributed by atoms with E-state index >= 15 is 0 Å². The maximum atomic E-state index is 10.3. The van der Waals surface area contributed by atoms with Gasteiger partial charge < -0.3 is 9.47 Å². The lowest BCUT2D eigenvalue weighted by Gasteiger charge is -1.99. The number of rotatable bonds is 0. The summed E-state index contributed by atoms with van der Waals surface area (Å²) in [6, 6.07) is 0. The van der Waals surface area contributed by atoms with Gasteiger partial charge >= 0.3 is 23.9 Å². The van der Waals surface area contributed by atoms with Crippen LogP contribution in [-0.2, 0) is 28.7 Å². The molecule has 6 nitrogen and oxygen atoms in total. The van der Waals surface area contributed by atoms with Crippen LogP contribution in [0.25, 0.3) is 0 Å². The maximum Gasteiger partial charge on any atom is 0.341 e. The van der Waals surface area contributed by atoms with Gasteiger partial charge in [0.1, 0.15) is 0 Å². The molecule has 0 atom stereocenters. The molecule has 84 valence electrons. The van der Waals surface area contributed by atoms with E-state index in [-0.39, 0.29) is 6.42 Å². The molecular formula is C10H8O6. The Labute approximate surface area is 90.5 Å². The Hall–Kier alpha value is -2.24. The summed E-state index contributed by atoms with van der Waals surface area (Å²) in [6.45, 7) is 1.53. The lowest BCUT2D eigenvalue weighted by atomic mass is 10.3. The highest BCUT2D eigenvalue weighted by molar-refractivity contribution is 6.08. The van der Waals surface area contributed by atoms with Crippen LogP contribution < -0.4 is 0 Å². The zero-order valence-electron chi connectivity index (χ0n) is 8.39. The van der Waals surface area contributed by atoms with Crippen LogP contribution in [0.15, 0.2) is 23.8 Å². The molecule has 2 heterocycles. The lowest BCUT2D eigenvalue weighted by Crippen LogP contribution is -2.12. The van der Waals surface area contributed by atoms with Gasteiger partial charge in [0.25, 0.3) is 0 Å². The fraction of sp³-hybridized carbons (Fsp3) is 0.200. The molecule has 0 aromatic heterocycles. The summed E-state index contributed by atoms with van der Waals surface area (Å²) in [7, 11) is 0. The molecule has 6 heteroatoms. The van der Waals surface area contributed by atoms with Crippen molar-refractivity contribution in [2.45, 2.75) is 13.3 Å². The van der Waals surface area contributed by atoms with Crippen molar-refractivity contribution in [1.82, 2.24) is 0 Å². The number of ether oxygens (including phenoxy) is 2. The van der Waals surface area contributed by atoms with Crippen LogP contribution >= 0.6 is 0 Å². The van der Waals surface area contributed by atoms with E-state index in [1.54, 1.807) is 0 Å². The van der Waals surface area contributed by atoms with Gasteiger partial charge in [-0.2, -0.15) is 0 Å². The third-order valence-electron chi connectivity index (χ3n) is 1.60. The van der Waals surface area contributed by atoms with Gasteiger partial charge in [-0.1, -0.05) is 6.08 Å². The van der Waals surface area contributed by atoms with Gasteiger partial charge in [0.05, 0.1) is 6.42 Å². The van der Waals surface area contributed by atoms with Crippen molar-refractivity contribution in [2.75, 3.05) is 0 Å². The van der Waals surface area contributed by atoms with Crippen LogP contribution in [0.2, 0.25) is 0 Å². The third kappa shape index (κ3) is 3.49. The summed E-state index contributed by atoms with van der Waals surface area (Å²) in [5, 5.41) is 0. The second kappa shape index (κ2) is 5.01. The molecule has 0 amide bonds. The lowest BCUT2D eigenvalue weighted by molar-refractivity contribution is -0.157. The Morgan fingerprint density at radius 1 is 1.06 bits per heavy atom. The molecule has 2 rings (SSSR count). The van der Waals surface area contributed by atoms with Gasteiger partial charge in [0, 0.05) is 17.7 Å². The highest BCUT2D eigenvalue weighted by atomic mass is 16.6. The summed E-state index contributed by atoms with van der Waals surface area (Å²) in [4.78, 5) is 40.7. The fourth-order valence-corrected chi connectivity index (χ4v) is 0.876. The van der Waals surface area contributed by atoms with Crippen LogP contribution in [0.5, 0.6) is 0 Å². The molecule has 0 N–H and O–H groups in total. The number of carbonyl (C=O) groups excluding carboxylic acids is 4. The molecule has 0 unspecified atom stereocenters. The van der Waals surface area contributed by atoms with E-state index < -0.39 is 23.9 Å². The topological polar surface area (TPSA) is 86.7 Å². The second-order valence-electron chi connectivity index (χ2n) is 2.94. The fourth-order valence-electron chi connectivity index (χ4n) is 0.876. The van der Waals surface area contributed by atoms with Crippen molar-refractivity contribution in [3.63, 3.8) is 0 Å². The first-order valence-electron chi connectivity index (χ1n) is 4.34. The summed E-state index contributed by atoms with van der Waals surface area (Å²) in [5.74, 6) is -2.14. The molecule has 2 aliphatic rings. The van der Waals surface area contributed by atoms with Gasteiger partial charge in [-0.15, -0.1) is 0 Å². The Morgan fingerprint density at radius 2 is 1.75 bits per heavy atom. The smallest absolute Gasteiger partial charge is 0.341 e. The zero-order chi connectivity index (χ0) is 12.1. The summed E-state index contributed by atoms with van der Waals surface area (Å²) in [5.41, 5.74) is 0.370. The van der Waals surface area contributed by atoms with E-state index in [1.165, 1.54) is 25.2 Å². The average molecular weight is 224 g/mol. The Bertz CT molecular complexity index is 413. The van der Waals surface area contributed by atoms with Gasteiger partial charge in [-0.25, -0.2) is 14.4 Å². The quantitative estimate of drug-likeness (QED) is 0.426. The van der Waals surface area contributed by atoms with Gasteiger partial charge in [-0.3, -0.25) is 4.79 Å². The normalized spacial score (nSPS) is 18.4. The van der Waals surface area contributed by atoms with E-state index in [4.69, 9.17) is 0 Å². The number of cyclic esters (lactones) is 4. The van der Waals surface area contributed by atoms with E-state index in [2.05, 4.69) is 9.47 Å².